The van der Waals surface area contributed by atoms with Gasteiger partial charge in [-0.2, -0.15) is 10.4 Å². The van der Waals surface area contributed by atoms with Crippen LogP contribution in [-0.2, 0) is 16.4 Å². The predicted molar refractivity (Wildman–Crippen MR) is 94.0 cm³/mol. The van der Waals surface area contributed by atoms with Gasteiger partial charge in [0.2, 0.25) is 15.0 Å². The molecule has 0 atom stereocenters. The maximum absolute atomic E-state index is 13.6. The van der Waals surface area contributed by atoms with Gasteiger partial charge in [-0.1, -0.05) is 11.6 Å². The normalized spacial score (nSPS) is 11.3. The van der Waals surface area contributed by atoms with E-state index in [4.69, 9.17) is 16.9 Å². The van der Waals surface area contributed by atoms with Crippen LogP contribution in [0, 0.1) is 17.1 Å². The molecular weight excluding hydrogens is 397 g/mol. The predicted octanol–water partition coefficient (Wildman–Crippen LogP) is 2.43. The zero-order valence-electron chi connectivity index (χ0n) is 13.8. The molecule has 1 aromatic carbocycles. The van der Waals surface area contributed by atoms with Gasteiger partial charge in [-0.05, 0) is 18.2 Å². The number of hydrogen-bond acceptors (Lipinski definition) is 7. The van der Waals surface area contributed by atoms with Gasteiger partial charge in [0.1, 0.15) is 12.2 Å². The van der Waals surface area contributed by atoms with Crippen LogP contribution in [0.15, 0.2) is 35.7 Å². The van der Waals surface area contributed by atoms with Crippen LogP contribution in [0.1, 0.15) is 0 Å². The summed E-state index contributed by atoms with van der Waals surface area (Å²) in [5.41, 5.74) is 1.09. The highest BCUT2D eigenvalue weighted by atomic mass is 35.5. The largest absolute Gasteiger partial charge is 0.505 e. The molecule has 2 aromatic heterocycles. The van der Waals surface area contributed by atoms with Crippen LogP contribution < -0.4 is 0 Å². The van der Waals surface area contributed by atoms with E-state index >= 15 is 0 Å². The highest BCUT2D eigenvalue weighted by Crippen LogP contribution is 2.35. The molecule has 0 saturated carbocycles. The molecule has 0 bridgehead atoms. The Morgan fingerprint density at radius 2 is 2.15 bits per heavy atom. The number of hydrogen-bond donors (Lipinski definition) is 1. The quantitative estimate of drug-likeness (QED) is 0.659. The Kier molecular flexibility index (Phi) is 4.82. The van der Waals surface area contributed by atoms with Gasteiger partial charge in [0.15, 0.2) is 11.6 Å². The third-order valence-electron chi connectivity index (χ3n) is 3.52. The molecule has 0 unspecified atom stereocenters. The summed E-state index contributed by atoms with van der Waals surface area (Å²) in [6.07, 6.45) is 3.74. The van der Waals surface area contributed by atoms with Crippen molar-refractivity contribution in [2.45, 2.75) is 11.7 Å². The van der Waals surface area contributed by atoms with E-state index in [9.17, 15) is 17.9 Å². The Balaban J connectivity index is 2.24. The van der Waals surface area contributed by atoms with Crippen molar-refractivity contribution in [1.82, 2.24) is 19.7 Å². The van der Waals surface area contributed by atoms with Gasteiger partial charge < -0.3 is 5.11 Å². The fourth-order valence-corrected chi connectivity index (χ4v) is 3.09. The maximum atomic E-state index is 13.6. The maximum Gasteiger partial charge on any atom is 0.247 e. The Morgan fingerprint density at radius 3 is 2.78 bits per heavy atom. The Labute approximate surface area is 158 Å². The molecule has 0 radical (unpaired) electrons. The van der Waals surface area contributed by atoms with Crippen molar-refractivity contribution in [1.29, 1.82) is 5.26 Å². The van der Waals surface area contributed by atoms with E-state index in [2.05, 4.69) is 15.1 Å². The van der Waals surface area contributed by atoms with Crippen molar-refractivity contribution in [3.63, 3.8) is 0 Å². The van der Waals surface area contributed by atoms with Crippen LogP contribution in [0.4, 0.5) is 4.39 Å². The number of nitrogens with zero attached hydrogens (tertiary/aromatic N) is 5. The second-order valence-corrected chi connectivity index (χ2v) is 7.85. The number of phenols is 1. The third kappa shape index (κ3) is 3.74. The lowest BCUT2D eigenvalue weighted by Crippen LogP contribution is -2.04. The molecule has 0 amide bonds. The monoisotopic (exact) mass is 407 g/mol. The Bertz CT molecular complexity index is 1160. The Morgan fingerprint density at radius 1 is 1.41 bits per heavy atom. The van der Waals surface area contributed by atoms with Crippen LogP contribution in [0.3, 0.4) is 0 Å². The van der Waals surface area contributed by atoms with Crippen LogP contribution in [0.2, 0.25) is 5.02 Å². The standard InChI is InChI=1S/C16H11ClFN5O3S/c1-27(25,26)16-20-4-2-12(21-16)10-8-23(5-3-19)22-15(10)9-6-11(17)14(18)13(24)7-9/h2,4,6-8,24H,5H2,1H3. The minimum atomic E-state index is -3.65. The number of rotatable bonds is 4. The van der Waals surface area contributed by atoms with E-state index in [1.807, 2.05) is 6.07 Å². The molecule has 3 aromatic rings. The van der Waals surface area contributed by atoms with E-state index in [1.54, 1.807) is 0 Å². The molecule has 0 aliphatic carbocycles. The molecule has 2 heterocycles. The van der Waals surface area contributed by atoms with Gasteiger partial charge in [0.25, 0.3) is 0 Å². The summed E-state index contributed by atoms with van der Waals surface area (Å²) in [7, 11) is -3.65. The van der Waals surface area contributed by atoms with Crippen LogP contribution >= 0.6 is 11.6 Å². The van der Waals surface area contributed by atoms with Crippen LogP contribution in [0.5, 0.6) is 5.75 Å². The molecule has 138 valence electrons. The van der Waals surface area contributed by atoms with Gasteiger partial charge in [-0.25, -0.2) is 22.8 Å². The van der Waals surface area contributed by atoms with E-state index < -0.39 is 21.4 Å². The first kappa shape index (κ1) is 18.8. The van der Waals surface area contributed by atoms with E-state index in [0.717, 1.165) is 12.3 Å². The SMILES string of the molecule is CS(=O)(=O)c1nccc(-c2cn(CC#N)nc2-c2cc(O)c(F)c(Cl)c2)n1. The van der Waals surface area contributed by atoms with Crippen molar-refractivity contribution in [3.05, 3.63) is 41.4 Å². The number of aromatic hydroxyl groups is 1. The number of benzene rings is 1. The number of halogens is 2. The molecule has 0 fully saturated rings. The third-order valence-corrected chi connectivity index (χ3v) is 4.65. The molecule has 3 rings (SSSR count). The summed E-state index contributed by atoms with van der Waals surface area (Å²) in [5, 5.41) is 22.2. The van der Waals surface area contributed by atoms with E-state index in [1.165, 1.54) is 29.2 Å². The molecule has 1 N–H and O–H groups in total. The van der Waals surface area contributed by atoms with E-state index in [-0.39, 0.29) is 33.7 Å². The molecule has 11 heteroatoms. The van der Waals surface area contributed by atoms with Gasteiger partial charge >= 0.3 is 0 Å². The lowest BCUT2D eigenvalue weighted by atomic mass is 10.1. The van der Waals surface area contributed by atoms with Crippen molar-refractivity contribution in [2.24, 2.45) is 0 Å². The lowest BCUT2D eigenvalue weighted by molar-refractivity contribution is 0.433. The molecule has 8 nitrogen and oxygen atoms in total. The molecule has 27 heavy (non-hydrogen) atoms. The number of aromatic nitrogens is 4. The fraction of sp³-hybridized carbons (Fsp3) is 0.125. The van der Waals surface area contributed by atoms with Crippen LogP contribution in [-0.4, -0.2) is 39.5 Å². The minimum absolute atomic E-state index is 0.0854. The topological polar surface area (TPSA) is 122 Å². The highest BCUT2D eigenvalue weighted by molar-refractivity contribution is 7.90. The summed E-state index contributed by atoms with van der Waals surface area (Å²) in [6.45, 7) is -0.0854. The smallest absolute Gasteiger partial charge is 0.247 e. The average molecular weight is 408 g/mol. The van der Waals surface area contributed by atoms with Gasteiger partial charge in [0, 0.05) is 29.8 Å². The summed E-state index contributed by atoms with van der Waals surface area (Å²) in [4.78, 5) is 7.76. The second-order valence-electron chi connectivity index (χ2n) is 5.53. The van der Waals surface area contributed by atoms with Gasteiger partial charge in [0.05, 0.1) is 16.8 Å². The Hall–Kier alpha value is -3.03. The summed E-state index contributed by atoms with van der Waals surface area (Å²) >= 11 is 5.79. The van der Waals surface area contributed by atoms with Crippen molar-refractivity contribution in [2.75, 3.05) is 6.26 Å². The minimum Gasteiger partial charge on any atom is -0.505 e. The zero-order valence-corrected chi connectivity index (χ0v) is 15.3. The average Bonchev–Trinajstić information content (AvgIpc) is 3.03. The summed E-state index contributed by atoms with van der Waals surface area (Å²) in [5.74, 6) is -1.64. The number of nitriles is 1. The van der Waals surface area contributed by atoms with E-state index in [0.29, 0.717) is 5.56 Å². The fourth-order valence-electron chi connectivity index (χ4n) is 2.36. The number of sulfone groups is 1. The van der Waals surface area contributed by atoms with Crippen molar-refractivity contribution < 1.29 is 17.9 Å². The number of phenolic OH excluding ortho intramolecular Hbond substituents is 1. The van der Waals surface area contributed by atoms with Gasteiger partial charge in [-0.3, -0.25) is 4.68 Å². The molecular formula is C16H11ClFN5O3S. The zero-order chi connectivity index (χ0) is 19.8. The molecule has 0 spiro atoms. The van der Waals surface area contributed by atoms with Crippen LogP contribution in [0.25, 0.3) is 22.5 Å². The van der Waals surface area contributed by atoms with Crippen molar-refractivity contribution >= 4 is 21.4 Å². The lowest BCUT2D eigenvalue weighted by Gasteiger charge is -2.06. The summed E-state index contributed by atoms with van der Waals surface area (Å²) < 4.78 is 38.4. The van der Waals surface area contributed by atoms with Crippen molar-refractivity contribution in [3.8, 4) is 34.3 Å². The second kappa shape index (κ2) is 6.94. The first-order valence-electron chi connectivity index (χ1n) is 7.37. The highest BCUT2D eigenvalue weighted by Gasteiger charge is 2.20. The summed E-state index contributed by atoms with van der Waals surface area (Å²) in [6, 6.07) is 5.79. The molecule has 0 saturated heterocycles. The molecule has 0 aliphatic heterocycles. The first-order chi connectivity index (χ1) is 12.7. The molecule has 0 aliphatic rings. The first-order valence-corrected chi connectivity index (χ1v) is 9.64. The van der Waals surface area contributed by atoms with Gasteiger partial charge in [-0.15, -0.1) is 0 Å².